The number of hydrogen-bond donors (Lipinski definition) is 0. The van der Waals surface area contributed by atoms with Crippen LogP contribution < -0.4 is 0 Å². The maximum Gasteiger partial charge on any atom is 0.348 e. The molecule has 0 amide bonds. The van der Waals surface area contributed by atoms with Gasteiger partial charge in [0.25, 0.3) is 0 Å². The highest BCUT2D eigenvalue weighted by atomic mass is 16.6. The summed E-state index contributed by atoms with van der Waals surface area (Å²) in [4.78, 5) is 23.4. The molecule has 0 saturated heterocycles. The Morgan fingerprint density at radius 2 is 1.62 bits per heavy atom. The summed E-state index contributed by atoms with van der Waals surface area (Å²) in [6.45, 7) is 0. The number of terminal acetylenes is 1. The molecule has 0 unspecified atom stereocenters. The van der Waals surface area contributed by atoms with E-state index in [-0.39, 0.29) is 11.1 Å². The minimum Gasteiger partial charge on any atom is -0.386 e. The average Bonchev–Trinajstić information content (AvgIpc) is 2.89. The van der Waals surface area contributed by atoms with Crippen LogP contribution in [-0.4, -0.2) is 11.9 Å². The Labute approximate surface area is 141 Å². The highest BCUT2D eigenvalue weighted by molar-refractivity contribution is 6.16. The number of aryl methyl sites for hydroxylation is 2. The molecule has 2 aromatic carbocycles. The first kappa shape index (κ1) is 16.0. The molecule has 0 saturated carbocycles. The van der Waals surface area contributed by atoms with E-state index >= 15 is 0 Å². The van der Waals surface area contributed by atoms with Gasteiger partial charge in [0.15, 0.2) is 0 Å². The molecule has 3 heteroatoms. The second-order valence-electron chi connectivity index (χ2n) is 5.89. The first-order chi connectivity index (χ1) is 11.7. The van der Waals surface area contributed by atoms with Crippen LogP contribution in [0.25, 0.3) is 0 Å². The Kier molecular flexibility index (Phi) is 4.77. The van der Waals surface area contributed by atoms with Crippen molar-refractivity contribution in [1.29, 1.82) is 0 Å². The summed E-state index contributed by atoms with van der Waals surface area (Å²) in [5, 5.41) is 0. The number of hydrogen-bond acceptors (Lipinski definition) is 3. The molecule has 0 radical (unpaired) electrons. The lowest BCUT2D eigenvalue weighted by molar-refractivity contribution is 0.0443. The number of esters is 2. The molecule has 1 heterocycles. The maximum atomic E-state index is 11.8. The zero-order valence-corrected chi connectivity index (χ0v) is 13.4. The molecule has 120 valence electrons. The van der Waals surface area contributed by atoms with Crippen LogP contribution in [0.1, 0.15) is 56.7 Å². The van der Waals surface area contributed by atoms with Crippen molar-refractivity contribution in [3.8, 4) is 12.3 Å². The zero-order valence-electron chi connectivity index (χ0n) is 13.4. The number of carbonyl (C=O) groups is 2. The minimum atomic E-state index is -0.631. The van der Waals surface area contributed by atoms with Crippen molar-refractivity contribution >= 4 is 11.9 Å². The van der Waals surface area contributed by atoms with Crippen molar-refractivity contribution in [2.45, 2.75) is 32.1 Å². The van der Waals surface area contributed by atoms with Gasteiger partial charge in [-0.1, -0.05) is 48.7 Å². The first-order valence-electron chi connectivity index (χ1n) is 8.13. The van der Waals surface area contributed by atoms with Gasteiger partial charge in [0, 0.05) is 5.56 Å². The van der Waals surface area contributed by atoms with Crippen LogP contribution in [0.3, 0.4) is 0 Å². The molecule has 0 fully saturated rings. The fourth-order valence-electron chi connectivity index (χ4n) is 3.06. The van der Waals surface area contributed by atoms with Gasteiger partial charge < -0.3 is 4.74 Å². The van der Waals surface area contributed by atoms with E-state index in [1.54, 1.807) is 6.07 Å². The van der Waals surface area contributed by atoms with Gasteiger partial charge in [-0.3, -0.25) is 0 Å². The molecule has 0 spiro atoms. The van der Waals surface area contributed by atoms with E-state index in [4.69, 9.17) is 6.42 Å². The third-order valence-corrected chi connectivity index (χ3v) is 4.30. The summed E-state index contributed by atoms with van der Waals surface area (Å²) < 4.78 is 4.65. The molecule has 0 aromatic heterocycles. The van der Waals surface area contributed by atoms with E-state index in [2.05, 4.69) is 34.9 Å². The first-order valence-corrected chi connectivity index (χ1v) is 8.13. The van der Waals surface area contributed by atoms with E-state index in [9.17, 15) is 9.59 Å². The van der Waals surface area contributed by atoms with Gasteiger partial charge in [-0.05, 0) is 42.9 Å². The second-order valence-corrected chi connectivity index (χ2v) is 5.89. The predicted molar refractivity (Wildman–Crippen MR) is 91.8 cm³/mol. The Bertz CT molecular complexity index is 813. The van der Waals surface area contributed by atoms with Crippen molar-refractivity contribution < 1.29 is 14.3 Å². The van der Waals surface area contributed by atoms with E-state index < -0.39 is 11.9 Å². The lowest BCUT2D eigenvalue weighted by Crippen LogP contribution is -2.02. The van der Waals surface area contributed by atoms with Gasteiger partial charge in [-0.15, -0.1) is 6.42 Å². The molecule has 3 rings (SSSR count). The summed E-state index contributed by atoms with van der Waals surface area (Å²) in [6, 6.07) is 13.9. The summed E-state index contributed by atoms with van der Waals surface area (Å²) in [5.74, 6) is 1.32. The molecular formula is C21H18O3. The largest absolute Gasteiger partial charge is 0.386 e. The number of benzene rings is 2. The Morgan fingerprint density at radius 1 is 0.875 bits per heavy atom. The smallest absolute Gasteiger partial charge is 0.348 e. The average molecular weight is 318 g/mol. The van der Waals surface area contributed by atoms with E-state index in [1.807, 2.05) is 12.1 Å². The van der Waals surface area contributed by atoms with Crippen molar-refractivity contribution in [2.75, 3.05) is 0 Å². The van der Waals surface area contributed by atoms with Crippen molar-refractivity contribution in [3.05, 3.63) is 70.3 Å². The van der Waals surface area contributed by atoms with Gasteiger partial charge in [0.2, 0.25) is 0 Å². The van der Waals surface area contributed by atoms with E-state index in [0.717, 1.165) is 37.7 Å². The third kappa shape index (κ3) is 3.23. The van der Waals surface area contributed by atoms with Crippen molar-refractivity contribution in [3.63, 3.8) is 0 Å². The van der Waals surface area contributed by atoms with E-state index in [1.165, 1.54) is 5.56 Å². The van der Waals surface area contributed by atoms with Gasteiger partial charge >= 0.3 is 11.9 Å². The molecule has 0 N–H and O–H groups in total. The minimum absolute atomic E-state index is 0.254. The van der Waals surface area contributed by atoms with Crippen LogP contribution >= 0.6 is 0 Å². The molecule has 1 aliphatic heterocycles. The molecule has 0 aliphatic carbocycles. The number of rotatable bonds is 6. The molecule has 2 aromatic rings. The number of cyclic esters (lactones) is 2. The lowest BCUT2D eigenvalue weighted by atomic mass is 9.94. The van der Waals surface area contributed by atoms with Gasteiger partial charge in [-0.25, -0.2) is 9.59 Å². The quantitative estimate of drug-likeness (QED) is 0.351. The van der Waals surface area contributed by atoms with Gasteiger partial charge in [0.05, 0.1) is 11.1 Å². The van der Waals surface area contributed by atoms with Crippen LogP contribution in [0.4, 0.5) is 0 Å². The fraction of sp³-hybridized carbons (Fsp3) is 0.238. The van der Waals surface area contributed by atoms with Crippen LogP contribution in [-0.2, 0) is 17.6 Å². The Morgan fingerprint density at radius 3 is 2.38 bits per heavy atom. The summed E-state index contributed by atoms with van der Waals surface area (Å²) in [7, 11) is 0. The topological polar surface area (TPSA) is 43.4 Å². The molecule has 1 aliphatic rings. The normalized spacial score (nSPS) is 12.6. The summed E-state index contributed by atoms with van der Waals surface area (Å²) in [5.41, 5.74) is 3.32. The standard InChI is InChI=1S/C21H18O3/c1-2-17-16(13-14-18-19(17)21(23)24-20(18)22)12-8-4-7-11-15-9-5-3-6-10-15/h1,3,5-6,9-10,13-14H,4,7-8,11-12H2. The Balaban J connectivity index is 1.60. The molecule has 0 atom stereocenters. The summed E-state index contributed by atoms with van der Waals surface area (Å²) >= 11 is 0. The van der Waals surface area contributed by atoms with Crippen LogP contribution in [0.15, 0.2) is 42.5 Å². The fourth-order valence-corrected chi connectivity index (χ4v) is 3.06. The summed E-state index contributed by atoms with van der Waals surface area (Å²) in [6.07, 6.45) is 10.6. The molecule has 0 bridgehead atoms. The maximum absolute atomic E-state index is 11.8. The number of ether oxygens (including phenoxy) is 1. The van der Waals surface area contributed by atoms with Gasteiger partial charge in [0.1, 0.15) is 0 Å². The van der Waals surface area contributed by atoms with Crippen molar-refractivity contribution in [2.24, 2.45) is 0 Å². The molecular weight excluding hydrogens is 300 g/mol. The highest BCUT2D eigenvalue weighted by Gasteiger charge is 2.32. The predicted octanol–water partition coefficient (Wildman–Crippen LogP) is 3.93. The third-order valence-electron chi connectivity index (χ3n) is 4.30. The second kappa shape index (κ2) is 7.14. The van der Waals surface area contributed by atoms with Gasteiger partial charge in [-0.2, -0.15) is 0 Å². The van der Waals surface area contributed by atoms with Crippen LogP contribution in [0.5, 0.6) is 0 Å². The highest BCUT2D eigenvalue weighted by Crippen LogP contribution is 2.27. The number of carbonyl (C=O) groups excluding carboxylic acids is 2. The van der Waals surface area contributed by atoms with Crippen LogP contribution in [0.2, 0.25) is 0 Å². The lowest BCUT2D eigenvalue weighted by Gasteiger charge is -2.07. The zero-order chi connectivity index (χ0) is 16.9. The monoisotopic (exact) mass is 318 g/mol. The number of unbranched alkanes of at least 4 members (excludes halogenated alkanes) is 2. The molecule has 3 nitrogen and oxygen atoms in total. The van der Waals surface area contributed by atoms with Crippen LogP contribution in [0, 0.1) is 12.3 Å². The number of fused-ring (bicyclic) bond motifs is 1. The molecule has 24 heavy (non-hydrogen) atoms. The Hall–Kier alpha value is -2.86. The van der Waals surface area contributed by atoms with E-state index in [0.29, 0.717) is 5.56 Å². The van der Waals surface area contributed by atoms with Crippen molar-refractivity contribution in [1.82, 2.24) is 0 Å². The SMILES string of the molecule is C#Cc1c(CCCCCc2ccccc2)ccc2c1C(=O)OC2=O.